The van der Waals surface area contributed by atoms with Crippen molar-refractivity contribution in [1.29, 1.82) is 0 Å². The minimum atomic E-state index is -1.00. The lowest BCUT2D eigenvalue weighted by atomic mass is 10.1. The van der Waals surface area contributed by atoms with E-state index >= 15 is 0 Å². The number of rotatable bonds is 10. The molecule has 1 N–H and O–H groups in total. The van der Waals surface area contributed by atoms with Crippen LogP contribution >= 0.6 is 23.1 Å². The van der Waals surface area contributed by atoms with Crippen LogP contribution in [-0.4, -0.2) is 63.2 Å². The molecule has 2 heterocycles. The van der Waals surface area contributed by atoms with E-state index in [1.165, 1.54) is 28.7 Å². The number of nitrogens with zero attached hydrogens (tertiary/aromatic N) is 3. The summed E-state index contributed by atoms with van der Waals surface area (Å²) in [4.78, 5) is 31.7. The minimum Gasteiger partial charge on any atom is -0.476 e. The van der Waals surface area contributed by atoms with Crippen LogP contribution in [0, 0.1) is 0 Å². The van der Waals surface area contributed by atoms with Gasteiger partial charge in [0.1, 0.15) is 0 Å². The van der Waals surface area contributed by atoms with Crippen LogP contribution in [-0.2, 0) is 11.3 Å². The molecule has 0 unspecified atom stereocenters. The van der Waals surface area contributed by atoms with Gasteiger partial charge in [-0.15, -0.1) is 11.3 Å². The maximum absolute atomic E-state index is 12.4. The quantitative estimate of drug-likeness (QED) is 0.595. The van der Waals surface area contributed by atoms with Crippen LogP contribution in [0.1, 0.15) is 35.8 Å². The minimum absolute atomic E-state index is 0.0853. The summed E-state index contributed by atoms with van der Waals surface area (Å²) in [7, 11) is 0. The van der Waals surface area contributed by atoms with Crippen LogP contribution in [0.3, 0.4) is 0 Å². The fraction of sp³-hybridized carbons (Fsp3) is 0.450. The number of thioether (sulfide) groups is 1. The van der Waals surface area contributed by atoms with Gasteiger partial charge in [-0.3, -0.25) is 9.69 Å². The Morgan fingerprint density at radius 3 is 2.86 bits per heavy atom. The summed E-state index contributed by atoms with van der Waals surface area (Å²) in [6.07, 6.45) is 1.51. The van der Waals surface area contributed by atoms with E-state index in [1.54, 1.807) is 5.38 Å². The fourth-order valence-corrected chi connectivity index (χ4v) is 5.20. The predicted molar refractivity (Wildman–Crippen MR) is 112 cm³/mol. The molecule has 1 atom stereocenters. The summed E-state index contributed by atoms with van der Waals surface area (Å²) in [5, 5.41) is 10.5. The van der Waals surface area contributed by atoms with Crippen molar-refractivity contribution in [3.8, 4) is 0 Å². The Morgan fingerprint density at radius 1 is 1.39 bits per heavy atom. The summed E-state index contributed by atoms with van der Waals surface area (Å²) in [6.45, 7) is 5.53. The summed E-state index contributed by atoms with van der Waals surface area (Å²) >= 11 is 2.85. The van der Waals surface area contributed by atoms with E-state index in [9.17, 15) is 9.59 Å². The highest BCUT2D eigenvalue weighted by Gasteiger charge is 2.31. The molecule has 0 saturated carbocycles. The number of thiazole rings is 1. The van der Waals surface area contributed by atoms with Crippen molar-refractivity contribution >= 4 is 35.0 Å². The molecule has 1 aromatic heterocycles. The van der Waals surface area contributed by atoms with E-state index in [1.807, 2.05) is 11.0 Å². The number of carboxylic acids is 1. The van der Waals surface area contributed by atoms with Gasteiger partial charge < -0.3 is 10.0 Å². The predicted octanol–water partition coefficient (Wildman–Crippen LogP) is 3.45. The third-order valence-electron chi connectivity index (χ3n) is 4.88. The van der Waals surface area contributed by atoms with Gasteiger partial charge in [0, 0.05) is 43.2 Å². The van der Waals surface area contributed by atoms with Crippen LogP contribution in [0.5, 0.6) is 0 Å². The van der Waals surface area contributed by atoms with Gasteiger partial charge in [-0.1, -0.05) is 49.0 Å². The molecule has 6 nitrogen and oxygen atoms in total. The van der Waals surface area contributed by atoms with E-state index in [4.69, 9.17) is 5.11 Å². The molecule has 2 aromatic rings. The number of carboxylic acid groups (broad SMARTS) is 1. The van der Waals surface area contributed by atoms with Crippen molar-refractivity contribution in [2.75, 3.05) is 25.4 Å². The average molecular weight is 420 g/mol. The van der Waals surface area contributed by atoms with E-state index < -0.39 is 5.97 Å². The standard InChI is InChI=1S/C20H25N3O3S2/c1-2-22(12-15-6-4-3-5-7-15)13-16-8-9-18(24)23(16)10-11-27-20-21-17(14-28-20)19(25)26/h3-7,14,16H,2,8-13H2,1H3,(H,25,26)/t16-/m1/s1. The Bertz CT molecular complexity index is 797. The van der Waals surface area contributed by atoms with E-state index in [0.717, 1.165) is 36.1 Å². The number of aromatic nitrogens is 1. The molecule has 0 aliphatic carbocycles. The number of hydrogen-bond acceptors (Lipinski definition) is 6. The van der Waals surface area contributed by atoms with E-state index in [2.05, 4.69) is 41.1 Å². The second-order valence-electron chi connectivity index (χ2n) is 6.75. The molecule has 1 saturated heterocycles. The van der Waals surface area contributed by atoms with Gasteiger partial charge in [-0.05, 0) is 18.5 Å². The first kappa shape index (κ1) is 20.8. The summed E-state index contributed by atoms with van der Waals surface area (Å²) < 4.78 is 0.736. The number of hydrogen-bond donors (Lipinski definition) is 1. The van der Waals surface area contributed by atoms with Gasteiger partial charge >= 0.3 is 5.97 Å². The summed E-state index contributed by atoms with van der Waals surface area (Å²) in [6, 6.07) is 10.6. The highest BCUT2D eigenvalue weighted by molar-refractivity contribution is 8.01. The molecule has 0 radical (unpaired) electrons. The van der Waals surface area contributed by atoms with E-state index in [0.29, 0.717) is 13.0 Å². The number of amides is 1. The van der Waals surface area contributed by atoms with Crippen molar-refractivity contribution in [2.24, 2.45) is 0 Å². The van der Waals surface area contributed by atoms with Gasteiger partial charge in [0.05, 0.1) is 0 Å². The van der Waals surface area contributed by atoms with Crippen molar-refractivity contribution in [2.45, 2.75) is 36.7 Å². The number of likely N-dealkylation sites (tertiary alicyclic amines) is 1. The molecular formula is C20H25N3O3S2. The average Bonchev–Trinajstić information content (AvgIpc) is 3.30. The lowest BCUT2D eigenvalue weighted by molar-refractivity contribution is -0.128. The Labute approximate surface area is 173 Å². The highest BCUT2D eigenvalue weighted by Crippen LogP contribution is 2.25. The second-order valence-corrected chi connectivity index (χ2v) is 8.95. The Morgan fingerprint density at radius 2 is 2.18 bits per heavy atom. The van der Waals surface area contributed by atoms with E-state index in [-0.39, 0.29) is 17.6 Å². The Balaban J connectivity index is 1.52. The molecule has 0 spiro atoms. The van der Waals surface area contributed by atoms with Gasteiger partial charge in [0.15, 0.2) is 10.0 Å². The maximum Gasteiger partial charge on any atom is 0.355 e. The summed E-state index contributed by atoms with van der Waals surface area (Å²) in [5.41, 5.74) is 1.37. The fourth-order valence-electron chi connectivity index (χ4n) is 3.39. The topological polar surface area (TPSA) is 73.7 Å². The smallest absolute Gasteiger partial charge is 0.355 e. The van der Waals surface area contributed by atoms with Gasteiger partial charge in [0.2, 0.25) is 5.91 Å². The first-order valence-corrected chi connectivity index (χ1v) is 11.3. The second kappa shape index (κ2) is 10.0. The SMILES string of the molecule is CCN(Cc1ccccc1)C[C@H]1CCC(=O)N1CCSc1nc(C(=O)O)cs1. The largest absolute Gasteiger partial charge is 0.476 e. The van der Waals surface area contributed by atoms with Crippen molar-refractivity contribution in [3.05, 3.63) is 47.0 Å². The molecule has 1 amide bonds. The Kier molecular flexibility index (Phi) is 7.47. The van der Waals surface area contributed by atoms with Gasteiger partial charge in [0.25, 0.3) is 0 Å². The molecule has 1 aliphatic heterocycles. The number of benzene rings is 1. The first-order chi connectivity index (χ1) is 13.6. The van der Waals surface area contributed by atoms with Crippen LogP contribution in [0.2, 0.25) is 0 Å². The van der Waals surface area contributed by atoms with Crippen LogP contribution in [0.15, 0.2) is 40.1 Å². The maximum atomic E-state index is 12.4. The molecule has 1 aromatic carbocycles. The number of carbonyl (C=O) groups is 2. The lowest BCUT2D eigenvalue weighted by Gasteiger charge is -2.30. The highest BCUT2D eigenvalue weighted by atomic mass is 32.2. The van der Waals surface area contributed by atoms with Gasteiger partial charge in [-0.2, -0.15) is 0 Å². The molecule has 150 valence electrons. The molecule has 3 rings (SSSR count). The number of likely N-dealkylation sites (N-methyl/N-ethyl adjacent to an activating group) is 1. The molecule has 1 aliphatic rings. The lowest BCUT2D eigenvalue weighted by Crippen LogP contribution is -2.42. The molecule has 8 heteroatoms. The van der Waals surface area contributed by atoms with Gasteiger partial charge in [-0.25, -0.2) is 9.78 Å². The Hall–Kier alpha value is -1.90. The zero-order chi connectivity index (χ0) is 19.9. The van der Waals surface area contributed by atoms with Crippen molar-refractivity contribution in [1.82, 2.24) is 14.8 Å². The van der Waals surface area contributed by atoms with Crippen LogP contribution in [0.4, 0.5) is 0 Å². The molecule has 1 fully saturated rings. The number of carbonyl (C=O) groups excluding carboxylic acids is 1. The monoisotopic (exact) mass is 419 g/mol. The van der Waals surface area contributed by atoms with Crippen LogP contribution in [0.25, 0.3) is 0 Å². The van der Waals surface area contributed by atoms with Crippen molar-refractivity contribution < 1.29 is 14.7 Å². The number of aromatic carboxylic acids is 1. The normalized spacial score (nSPS) is 16.9. The van der Waals surface area contributed by atoms with Crippen molar-refractivity contribution in [3.63, 3.8) is 0 Å². The summed E-state index contributed by atoms with van der Waals surface area (Å²) in [5.74, 6) is -0.0673. The molecular weight excluding hydrogens is 394 g/mol. The zero-order valence-electron chi connectivity index (χ0n) is 15.9. The zero-order valence-corrected chi connectivity index (χ0v) is 17.5. The third-order valence-corrected chi connectivity index (χ3v) is 6.88. The van der Waals surface area contributed by atoms with Crippen LogP contribution < -0.4 is 0 Å². The first-order valence-electron chi connectivity index (χ1n) is 9.44. The molecule has 28 heavy (non-hydrogen) atoms. The third kappa shape index (κ3) is 5.56. The molecule has 0 bridgehead atoms.